The number of piperidine rings is 1. The number of ether oxygens (including phenoxy) is 1. The van der Waals surface area contributed by atoms with Gasteiger partial charge in [-0.25, -0.2) is 0 Å². The van der Waals surface area contributed by atoms with Crippen LogP contribution in [0.4, 0.5) is 0 Å². The lowest BCUT2D eigenvalue weighted by molar-refractivity contribution is -0.118. The van der Waals surface area contributed by atoms with Gasteiger partial charge in [0.15, 0.2) is 5.16 Å². The Kier molecular flexibility index (Phi) is 6.51. The van der Waals surface area contributed by atoms with E-state index >= 15 is 0 Å². The molecular weight excluding hydrogens is 350 g/mol. The third-order valence-corrected chi connectivity index (χ3v) is 5.59. The molecular formula is C18H25N5O2S. The second kappa shape index (κ2) is 9.05. The second-order valence-electron chi connectivity index (χ2n) is 6.30. The molecule has 0 aliphatic carbocycles. The van der Waals surface area contributed by atoms with Crippen molar-refractivity contribution in [3.8, 4) is 5.75 Å². The van der Waals surface area contributed by atoms with E-state index in [4.69, 9.17) is 4.74 Å². The van der Waals surface area contributed by atoms with Crippen LogP contribution in [-0.2, 0) is 18.4 Å². The molecule has 2 aromatic rings. The van der Waals surface area contributed by atoms with Crippen LogP contribution in [0.3, 0.4) is 0 Å². The lowest BCUT2D eigenvalue weighted by Gasteiger charge is -2.21. The van der Waals surface area contributed by atoms with Crippen molar-refractivity contribution in [3.63, 3.8) is 0 Å². The van der Waals surface area contributed by atoms with Gasteiger partial charge in [0, 0.05) is 25.1 Å². The van der Waals surface area contributed by atoms with Crippen molar-refractivity contribution in [3.05, 3.63) is 35.7 Å². The maximum absolute atomic E-state index is 12.2. The molecule has 1 aliphatic heterocycles. The van der Waals surface area contributed by atoms with Gasteiger partial charge in [-0.2, -0.15) is 0 Å². The van der Waals surface area contributed by atoms with Gasteiger partial charge in [-0.15, -0.1) is 10.2 Å². The number of carbonyl (C=O) groups is 1. The average molecular weight is 375 g/mol. The van der Waals surface area contributed by atoms with Crippen LogP contribution in [0.15, 0.2) is 29.4 Å². The van der Waals surface area contributed by atoms with Crippen LogP contribution < -0.4 is 15.4 Å². The molecule has 1 aromatic carbocycles. The minimum Gasteiger partial charge on any atom is -0.496 e. The minimum atomic E-state index is -0.0349. The SMILES string of the molecule is COc1ccccc1CNC(=O)CSc1nnc(C2CCNCC2)n1C. The molecule has 3 rings (SSSR count). The van der Waals surface area contributed by atoms with Gasteiger partial charge in [0.2, 0.25) is 5.91 Å². The Bertz CT molecular complexity index is 743. The second-order valence-corrected chi connectivity index (χ2v) is 7.24. The number of benzene rings is 1. The van der Waals surface area contributed by atoms with Crippen molar-refractivity contribution in [2.45, 2.75) is 30.5 Å². The molecule has 0 spiro atoms. The van der Waals surface area contributed by atoms with Crippen LogP contribution in [0.25, 0.3) is 0 Å². The molecule has 8 heteroatoms. The van der Waals surface area contributed by atoms with Gasteiger partial charge in [0.1, 0.15) is 11.6 Å². The van der Waals surface area contributed by atoms with E-state index < -0.39 is 0 Å². The quantitative estimate of drug-likeness (QED) is 0.717. The molecule has 1 aromatic heterocycles. The summed E-state index contributed by atoms with van der Waals surface area (Å²) in [6.45, 7) is 2.49. The number of nitrogens with one attached hydrogen (secondary N) is 2. The molecule has 1 aliphatic rings. The van der Waals surface area contributed by atoms with Gasteiger partial charge >= 0.3 is 0 Å². The van der Waals surface area contributed by atoms with Crippen molar-refractivity contribution >= 4 is 17.7 Å². The first-order chi connectivity index (χ1) is 12.7. The Morgan fingerprint density at radius 1 is 1.35 bits per heavy atom. The number of methoxy groups -OCH3 is 1. The molecule has 1 fully saturated rings. The van der Waals surface area contributed by atoms with Crippen molar-refractivity contribution in [2.24, 2.45) is 7.05 Å². The first kappa shape index (κ1) is 18.7. The number of hydrogen-bond donors (Lipinski definition) is 2. The van der Waals surface area contributed by atoms with Crippen LogP contribution in [-0.4, -0.2) is 46.6 Å². The van der Waals surface area contributed by atoms with E-state index in [-0.39, 0.29) is 5.91 Å². The number of nitrogens with zero attached hydrogens (tertiary/aromatic N) is 3. The lowest BCUT2D eigenvalue weighted by Crippen LogP contribution is -2.28. The van der Waals surface area contributed by atoms with Crippen molar-refractivity contribution in [1.82, 2.24) is 25.4 Å². The third kappa shape index (κ3) is 4.56. The number of para-hydroxylation sites is 1. The molecule has 2 heterocycles. The molecule has 0 unspecified atom stereocenters. The molecule has 0 radical (unpaired) electrons. The number of carbonyl (C=O) groups excluding carboxylic acids is 1. The number of amides is 1. The Labute approximate surface area is 157 Å². The number of aromatic nitrogens is 3. The van der Waals surface area contributed by atoms with Crippen LogP contribution in [0, 0.1) is 0 Å². The monoisotopic (exact) mass is 375 g/mol. The van der Waals surface area contributed by atoms with E-state index in [9.17, 15) is 4.79 Å². The highest BCUT2D eigenvalue weighted by molar-refractivity contribution is 7.99. The topological polar surface area (TPSA) is 81.1 Å². The van der Waals surface area contributed by atoms with Crippen LogP contribution >= 0.6 is 11.8 Å². The van der Waals surface area contributed by atoms with Crippen LogP contribution in [0.2, 0.25) is 0 Å². The van der Waals surface area contributed by atoms with Crippen molar-refractivity contribution in [2.75, 3.05) is 26.0 Å². The molecule has 1 saturated heterocycles. The zero-order chi connectivity index (χ0) is 18.4. The lowest BCUT2D eigenvalue weighted by atomic mass is 9.97. The Hall–Kier alpha value is -2.06. The summed E-state index contributed by atoms with van der Waals surface area (Å²) in [7, 11) is 3.61. The van der Waals surface area contributed by atoms with Gasteiger partial charge in [-0.3, -0.25) is 4.79 Å². The maximum Gasteiger partial charge on any atom is 0.230 e. The summed E-state index contributed by atoms with van der Waals surface area (Å²) in [5.41, 5.74) is 0.959. The zero-order valence-corrected chi connectivity index (χ0v) is 16.0. The van der Waals surface area contributed by atoms with Gasteiger partial charge < -0.3 is 19.9 Å². The fourth-order valence-corrected chi connectivity index (χ4v) is 3.86. The number of rotatable bonds is 7. The van der Waals surface area contributed by atoms with Gasteiger partial charge in [0.25, 0.3) is 0 Å². The molecule has 0 atom stereocenters. The van der Waals surface area contributed by atoms with Crippen LogP contribution in [0.5, 0.6) is 5.75 Å². The zero-order valence-electron chi connectivity index (χ0n) is 15.2. The highest BCUT2D eigenvalue weighted by atomic mass is 32.2. The summed E-state index contributed by atoms with van der Waals surface area (Å²) in [4.78, 5) is 12.2. The predicted molar refractivity (Wildman–Crippen MR) is 101 cm³/mol. The van der Waals surface area contributed by atoms with Gasteiger partial charge in [-0.1, -0.05) is 30.0 Å². The van der Waals surface area contributed by atoms with Crippen LogP contribution in [0.1, 0.15) is 30.1 Å². The normalized spacial score (nSPS) is 15.0. The number of thioether (sulfide) groups is 1. The Morgan fingerprint density at radius 3 is 2.88 bits per heavy atom. The average Bonchev–Trinajstić information content (AvgIpc) is 3.06. The molecule has 1 amide bonds. The minimum absolute atomic E-state index is 0.0349. The molecule has 7 nitrogen and oxygen atoms in total. The molecule has 140 valence electrons. The summed E-state index contributed by atoms with van der Waals surface area (Å²) in [5, 5.41) is 15.7. The first-order valence-electron chi connectivity index (χ1n) is 8.80. The summed E-state index contributed by atoms with van der Waals surface area (Å²) in [6.07, 6.45) is 2.16. The number of hydrogen-bond acceptors (Lipinski definition) is 6. The van der Waals surface area contributed by atoms with Gasteiger partial charge in [0.05, 0.1) is 12.9 Å². The Morgan fingerprint density at radius 2 is 2.12 bits per heavy atom. The standard InChI is InChI=1S/C18H25N5O2S/c1-23-17(13-7-9-19-10-8-13)21-22-18(23)26-12-16(24)20-11-14-5-3-4-6-15(14)25-2/h3-6,13,19H,7-12H2,1-2H3,(H,20,24). The molecule has 26 heavy (non-hydrogen) atoms. The van der Waals surface area contributed by atoms with E-state index in [1.807, 2.05) is 35.9 Å². The summed E-state index contributed by atoms with van der Waals surface area (Å²) in [5.74, 6) is 2.52. The highest BCUT2D eigenvalue weighted by Crippen LogP contribution is 2.26. The third-order valence-electron chi connectivity index (χ3n) is 4.57. The highest BCUT2D eigenvalue weighted by Gasteiger charge is 2.22. The van der Waals surface area contributed by atoms with Crippen molar-refractivity contribution < 1.29 is 9.53 Å². The molecule has 0 bridgehead atoms. The Balaban J connectivity index is 1.51. The molecule has 0 saturated carbocycles. The van der Waals surface area contributed by atoms with E-state index in [0.29, 0.717) is 18.2 Å². The van der Waals surface area contributed by atoms with E-state index in [1.165, 1.54) is 11.8 Å². The van der Waals surface area contributed by atoms with Crippen molar-refractivity contribution in [1.29, 1.82) is 0 Å². The first-order valence-corrected chi connectivity index (χ1v) is 9.79. The fraction of sp³-hybridized carbons (Fsp3) is 0.500. The summed E-state index contributed by atoms with van der Waals surface area (Å²) in [6, 6.07) is 7.67. The van der Waals surface area contributed by atoms with Gasteiger partial charge in [-0.05, 0) is 32.0 Å². The maximum atomic E-state index is 12.2. The largest absolute Gasteiger partial charge is 0.496 e. The predicted octanol–water partition coefficient (Wildman–Crippen LogP) is 1.70. The summed E-state index contributed by atoms with van der Waals surface area (Å²) < 4.78 is 7.32. The molecule has 2 N–H and O–H groups in total. The smallest absolute Gasteiger partial charge is 0.230 e. The fourth-order valence-electron chi connectivity index (χ4n) is 3.11. The summed E-state index contributed by atoms with van der Waals surface area (Å²) >= 11 is 1.42. The van der Waals surface area contributed by atoms with E-state index in [0.717, 1.165) is 48.2 Å². The van der Waals surface area contributed by atoms with E-state index in [1.54, 1.807) is 7.11 Å². The van der Waals surface area contributed by atoms with E-state index in [2.05, 4.69) is 20.8 Å².